The lowest BCUT2D eigenvalue weighted by molar-refractivity contribution is 0.631. The van der Waals surface area contributed by atoms with Crippen LogP contribution in [0.25, 0.3) is 0 Å². The fourth-order valence-corrected chi connectivity index (χ4v) is 2.03. The molecule has 1 fully saturated rings. The van der Waals surface area contributed by atoms with Gasteiger partial charge in [-0.2, -0.15) is 5.10 Å². The third kappa shape index (κ3) is 3.12. The lowest BCUT2D eigenvalue weighted by Crippen LogP contribution is -2.16. The predicted octanol–water partition coefficient (Wildman–Crippen LogP) is 2.84. The first-order chi connectivity index (χ1) is 8.79. The van der Waals surface area contributed by atoms with Crippen LogP contribution in [0.2, 0.25) is 5.02 Å². The predicted molar refractivity (Wildman–Crippen MR) is 72.6 cm³/mol. The Balaban J connectivity index is 1.60. The van der Waals surface area contributed by atoms with E-state index < -0.39 is 0 Å². The maximum atomic E-state index is 5.86. The van der Waals surface area contributed by atoms with Gasteiger partial charge in [-0.15, -0.1) is 0 Å². The van der Waals surface area contributed by atoms with Crippen LogP contribution in [0.15, 0.2) is 36.5 Å². The fraction of sp³-hybridized carbons (Fsp3) is 0.357. The molecule has 0 bridgehead atoms. The summed E-state index contributed by atoms with van der Waals surface area (Å²) < 4.78 is 1.97. The zero-order chi connectivity index (χ0) is 12.4. The number of halogens is 1. The summed E-state index contributed by atoms with van der Waals surface area (Å²) in [7, 11) is 0. The van der Waals surface area contributed by atoms with Crippen molar-refractivity contribution in [1.29, 1.82) is 0 Å². The molecule has 0 aliphatic heterocycles. The van der Waals surface area contributed by atoms with Crippen LogP contribution in [0, 0.1) is 0 Å². The van der Waals surface area contributed by atoms with Gasteiger partial charge in [0.25, 0.3) is 0 Å². The van der Waals surface area contributed by atoms with Crippen LogP contribution in [-0.2, 0) is 13.1 Å². The van der Waals surface area contributed by atoms with Crippen molar-refractivity contribution in [2.24, 2.45) is 0 Å². The van der Waals surface area contributed by atoms with Gasteiger partial charge in [-0.1, -0.05) is 23.7 Å². The van der Waals surface area contributed by atoms with Crippen molar-refractivity contribution in [3.8, 4) is 0 Å². The van der Waals surface area contributed by atoms with Crippen LogP contribution >= 0.6 is 11.6 Å². The van der Waals surface area contributed by atoms with Gasteiger partial charge in [-0.05, 0) is 36.6 Å². The number of rotatable bonds is 5. The van der Waals surface area contributed by atoms with Gasteiger partial charge in [-0.3, -0.25) is 4.68 Å². The second-order valence-corrected chi connectivity index (χ2v) is 5.22. The van der Waals surface area contributed by atoms with Gasteiger partial charge in [0.15, 0.2) is 0 Å². The number of benzene rings is 1. The van der Waals surface area contributed by atoms with E-state index in [2.05, 4.69) is 16.5 Å². The Morgan fingerprint density at radius 3 is 2.72 bits per heavy atom. The van der Waals surface area contributed by atoms with Crippen molar-refractivity contribution in [1.82, 2.24) is 15.1 Å². The van der Waals surface area contributed by atoms with Crippen molar-refractivity contribution in [3.05, 3.63) is 52.8 Å². The minimum absolute atomic E-state index is 0.728. The molecule has 0 unspecified atom stereocenters. The summed E-state index contributed by atoms with van der Waals surface area (Å²) in [6.45, 7) is 1.67. The van der Waals surface area contributed by atoms with Gasteiger partial charge < -0.3 is 5.32 Å². The van der Waals surface area contributed by atoms with Crippen LogP contribution in [-0.4, -0.2) is 15.8 Å². The van der Waals surface area contributed by atoms with E-state index >= 15 is 0 Å². The summed E-state index contributed by atoms with van der Waals surface area (Å²) in [5.41, 5.74) is 2.32. The monoisotopic (exact) mass is 261 g/mol. The second kappa shape index (κ2) is 5.12. The highest BCUT2D eigenvalue weighted by molar-refractivity contribution is 6.30. The number of aromatic nitrogens is 2. The first-order valence-electron chi connectivity index (χ1n) is 6.30. The highest BCUT2D eigenvalue weighted by Gasteiger charge is 2.20. The van der Waals surface area contributed by atoms with E-state index in [-0.39, 0.29) is 0 Å². The first kappa shape index (κ1) is 11.8. The summed E-state index contributed by atoms with van der Waals surface area (Å²) in [5, 5.41) is 8.78. The molecule has 1 aromatic carbocycles. The van der Waals surface area contributed by atoms with E-state index in [4.69, 9.17) is 11.6 Å². The Morgan fingerprint density at radius 1 is 1.22 bits per heavy atom. The van der Waals surface area contributed by atoms with Crippen molar-refractivity contribution in [3.63, 3.8) is 0 Å². The molecule has 1 aromatic heterocycles. The van der Waals surface area contributed by atoms with Gasteiger partial charge in [0.1, 0.15) is 0 Å². The lowest BCUT2D eigenvalue weighted by Gasteiger charge is -2.02. The lowest BCUT2D eigenvalue weighted by atomic mass is 10.2. The molecule has 4 heteroatoms. The zero-order valence-electron chi connectivity index (χ0n) is 10.1. The topological polar surface area (TPSA) is 29.9 Å². The number of hydrogen-bond donors (Lipinski definition) is 1. The Labute approximate surface area is 112 Å². The molecular weight excluding hydrogens is 246 g/mol. The molecule has 1 heterocycles. The molecule has 3 nitrogen and oxygen atoms in total. The van der Waals surface area contributed by atoms with Crippen LogP contribution in [0.5, 0.6) is 0 Å². The molecule has 3 rings (SSSR count). The first-order valence-corrected chi connectivity index (χ1v) is 6.67. The van der Waals surface area contributed by atoms with Crippen LogP contribution in [0.4, 0.5) is 0 Å². The van der Waals surface area contributed by atoms with Gasteiger partial charge >= 0.3 is 0 Å². The molecule has 0 radical (unpaired) electrons. The van der Waals surface area contributed by atoms with Gasteiger partial charge in [0.05, 0.1) is 12.2 Å². The molecule has 2 aromatic rings. The minimum atomic E-state index is 0.728. The van der Waals surface area contributed by atoms with Crippen molar-refractivity contribution in [2.45, 2.75) is 32.0 Å². The molecule has 0 saturated heterocycles. The van der Waals surface area contributed by atoms with E-state index in [9.17, 15) is 0 Å². The second-order valence-electron chi connectivity index (χ2n) is 4.79. The quantitative estimate of drug-likeness (QED) is 0.897. The smallest absolute Gasteiger partial charge is 0.0762 e. The molecule has 18 heavy (non-hydrogen) atoms. The van der Waals surface area contributed by atoms with E-state index in [1.807, 2.05) is 35.1 Å². The van der Waals surface area contributed by atoms with Crippen molar-refractivity contribution in [2.75, 3.05) is 0 Å². The number of nitrogens with one attached hydrogen (secondary N) is 1. The normalized spacial score (nSPS) is 14.9. The number of nitrogens with zero attached hydrogens (tertiary/aromatic N) is 2. The Bertz CT molecular complexity index is 514. The standard InChI is InChI=1S/C14H16ClN3/c15-12-3-1-11(2-4-12)10-18-8-7-14(17-18)9-16-13-5-6-13/h1-4,7-8,13,16H,5-6,9-10H2. The Morgan fingerprint density at radius 2 is 2.00 bits per heavy atom. The van der Waals surface area contributed by atoms with Crippen molar-refractivity contribution >= 4 is 11.6 Å². The molecule has 94 valence electrons. The third-order valence-corrected chi connectivity index (χ3v) is 3.35. The van der Waals surface area contributed by atoms with E-state index in [1.165, 1.54) is 18.4 Å². The summed E-state index contributed by atoms with van der Waals surface area (Å²) in [4.78, 5) is 0. The average molecular weight is 262 g/mol. The number of hydrogen-bond acceptors (Lipinski definition) is 2. The van der Waals surface area contributed by atoms with E-state index in [0.717, 1.165) is 29.8 Å². The molecule has 1 aliphatic rings. The van der Waals surface area contributed by atoms with Crippen LogP contribution in [0.3, 0.4) is 0 Å². The van der Waals surface area contributed by atoms with Gasteiger partial charge in [0.2, 0.25) is 0 Å². The van der Waals surface area contributed by atoms with Crippen LogP contribution < -0.4 is 5.32 Å². The molecule has 1 N–H and O–H groups in total. The van der Waals surface area contributed by atoms with E-state index in [1.54, 1.807) is 0 Å². The van der Waals surface area contributed by atoms with E-state index in [0.29, 0.717) is 0 Å². The maximum absolute atomic E-state index is 5.86. The molecule has 0 amide bonds. The zero-order valence-corrected chi connectivity index (χ0v) is 10.9. The third-order valence-electron chi connectivity index (χ3n) is 3.10. The summed E-state index contributed by atoms with van der Waals surface area (Å²) in [5.74, 6) is 0. The highest BCUT2D eigenvalue weighted by Crippen LogP contribution is 2.19. The molecule has 1 saturated carbocycles. The largest absolute Gasteiger partial charge is 0.308 e. The fourth-order valence-electron chi connectivity index (χ4n) is 1.90. The summed E-state index contributed by atoms with van der Waals surface area (Å²) in [6.07, 6.45) is 4.65. The van der Waals surface area contributed by atoms with Gasteiger partial charge in [-0.25, -0.2) is 0 Å². The maximum Gasteiger partial charge on any atom is 0.0762 e. The SMILES string of the molecule is Clc1ccc(Cn2ccc(CNC3CC3)n2)cc1. The molecule has 0 atom stereocenters. The van der Waals surface area contributed by atoms with Gasteiger partial charge in [0, 0.05) is 23.8 Å². The molecule has 1 aliphatic carbocycles. The minimum Gasteiger partial charge on any atom is -0.308 e. The molecule has 0 spiro atoms. The average Bonchev–Trinajstić information content (AvgIpc) is 3.10. The Kier molecular flexibility index (Phi) is 3.35. The van der Waals surface area contributed by atoms with Crippen molar-refractivity contribution < 1.29 is 0 Å². The summed E-state index contributed by atoms with van der Waals surface area (Å²) >= 11 is 5.86. The van der Waals surface area contributed by atoms with Crippen LogP contribution in [0.1, 0.15) is 24.1 Å². The summed E-state index contributed by atoms with van der Waals surface area (Å²) in [6, 6.07) is 10.7. The highest BCUT2D eigenvalue weighted by atomic mass is 35.5. The Hall–Kier alpha value is -1.32. The molecular formula is C14H16ClN3.